The molecule has 1 aliphatic rings. The Bertz CT molecular complexity index is 470. The van der Waals surface area contributed by atoms with Crippen LogP contribution >= 0.6 is 0 Å². The van der Waals surface area contributed by atoms with Crippen LogP contribution in [0.5, 0.6) is 0 Å². The average molecular weight is 237 g/mol. The van der Waals surface area contributed by atoms with Crippen LogP contribution in [0.4, 0.5) is 8.78 Å². The first-order chi connectivity index (χ1) is 8.04. The van der Waals surface area contributed by atoms with E-state index in [2.05, 4.69) is 4.99 Å². The SMILES string of the molecule is NC1=NC=C(F)C(N)(Cc2ccccc2)C1F. The molecule has 0 aliphatic carbocycles. The predicted molar refractivity (Wildman–Crippen MR) is 62.8 cm³/mol. The van der Waals surface area contributed by atoms with Crippen molar-refractivity contribution in [3.05, 3.63) is 47.9 Å². The average Bonchev–Trinajstić information content (AvgIpc) is 2.34. The van der Waals surface area contributed by atoms with E-state index in [9.17, 15) is 8.78 Å². The zero-order valence-electron chi connectivity index (χ0n) is 9.11. The third-order valence-electron chi connectivity index (χ3n) is 2.82. The molecule has 0 fully saturated rings. The van der Waals surface area contributed by atoms with Crippen molar-refractivity contribution in [1.82, 2.24) is 0 Å². The fraction of sp³-hybridized carbons (Fsp3) is 0.250. The summed E-state index contributed by atoms with van der Waals surface area (Å²) in [6, 6.07) is 8.91. The van der Waals surface area contributed by atoms with E-state index < -0.39 is 17.5 Å². The van der Waals surface area contributed by atoms with Crippen LogP contribution in [0.2, 0.25) is 0 Å². The van der Waals surface area contributed by atoms with E-state index in [1.165, 1.54) is 0 Å². The smallest absolute Gasteiger partial charge is 0.181 e. The molecule has 3 nitrogen and oxygen atoms in total. The third-order valence-corrected chi connectivity index (χ3v) is 2.82. The zero-order valence-corrected chi connectivity index (χ0v) is 9.11. The van der Waals surface area contributed by atoms with Gasteiger partial charge in [-0.2, -0.15) is 0 Å². The summed E-state index contributed by atoms with van der Waals surface area (Å²) in [5, 5.41) is 0. The quantitative estimate of drug-likeness (QED) is 0.817. The highest BCUT2D eigenvalue weighted by atomic mass is 19.1. The van der Waals surface area contributed by atoms with E-state index in [1.54, 1.807) is 24.3 Å². The Kier molecular flexibility index (Phi) is 2.93. The lowest BCUT2D eigenvalue weighted by atomic mass is 9.84. The van der Waals surface area contributed by atoms with E-state index >= 15 is 0 Å². The van der Waals surface area contributed by atoms with Gasteiger partial charge in [0.15, 0.2) is 6.17 Å². The van der Waals surface area contributed by atoms with Crippen LogP contribution < -0.4 is 11.5 Å². The second-order valence-electron chi connectivity index (χ2n) is 4.10. The highest BCUT2D eigenvalue weighted by Gasteiger charge is 2.44. The molecule has 0 saturated carbocycles. The normalized spacial score (nSPS) is 28.5. The third kappa shape index (κ3) is 2.06. The van der Waals surface area contributed by atoms with E-state index in [1.807, 2.05) is 6.07 Å². The van der Waals surface area contributed by atoms with Gasteiger partial charge in [-0.25, -0.2) is 13.8 Å². The van der Waals surface area contributed by atoms with Crippen LogP contribution in [0.3, 0.4) is 0 Å². The molecule has 0 saturated heterocycles. The maximum atomic E-state index is 13.9. The molecule has 17 heavy (non-hydrogen) atoms. The molecule has 1 aromatic carbocycles. The lowest BCUT2D eigenvalue weighted by Gasteiger charge is -2.32. The highest BCUT2D eigenvalue weighted by molar-refractivity contribution is 5.88. The number of hydrogen-bond acceptors (Lipinski definition) is 3. The zero-order chi connectivity index (χ0) is 12.5. The van der Waals surface area contributed by atoms with Crippen molar-refractivity contribution in [2.45, 2.75) is 18.1 Å². The lowest BCUT2D eigenvalue weighted by molar-refractivity contribution is 0.245. The summed E-state index contributed by atoms with van der Waals surface area (Å²) in [5.41, 5.74) is 10.1. The summed E-state index contributed by atoms with van der Waals surface area (Å²) in [7, 11) is 0. The number of benzene rings is 1. The van der Waals surface area contributed by atoms with E-state index in [0.717, 1.165) is 11.8 Å². The van der Waals surface area contributed by atoms with Crippen LogP contribution in [0.25, 0.3) is 0 Å². The maximum Gasteiger partial charge on any atom is 0.181 e. The van der Waals surface area contributed by atoms with Gasteiger partial charge in [-0.1, -0.05) is 30.3 Å². The first-order valence-corrected chi connectivity index (χ1v) is 5.20. The van der Waals surface area contributed by atoms with Crippen LogP contribution in [0.15, 0.2) is 47.4 Å². The number of amidine groups is 1. The number of aliphatic imine (C=N–C) groups is 1. The minimum absolute atomic E-state index is 0.0353. The second kappa shape index (κ2) is 4.25. The first kappa shape index (κ1) is 11.7. The van der Waals surface area contributed by atoms with Crippen molar-refractivity contribution in [3.63, 3.8) is 0 Å². The van der Waals surface area contributed by atoms with Gasteiger partial charge >= 0.3 is 0 Å². The molecule has 5 heteroatoms. The van der Waals surface area contributed by atoms with Gasteiger partial charge in [0.05, 0.1) is 6.20 Å². The second-order valence-corrected chi connectivity index (χ2v) is 4.10. The van der Waals surface area contributed by atoms with E-state index in [-0.39, 0.29) is 12.3 Å². The fourth-order valence-corrected chi connectivity index (χ4v) is 1.81. The molecular weight excluding hydrogens is 224 g/mol. The minimum Gasteiger partial charge on any atom is -0.385 e. The molecular formula is C12H13F2N3. The largest absolute Gasteiger partial charge is 0.385 e. The number of hydrogen-bond donors (Lipinski definition) is 2. The monoisotopic (exact) mass is 237 g/mol. The molecule has 1 aromatic rings. The van der Waals surface area contributed by atoms with E-state index in [4.69, 9.17) is 11.5 Å². The van der Waals surface area contributed by atoms with Crippen molar-refractivity contribution < 1.29 is 8.78 Å². The van der Waals surface area contributed by atoms with Crippen molar-refractivity contribution in [1.29, 1.82) is 0 Å². The van der Waals surface area contributed by atoms with Crippen LogP contribution in [-0.2, 0) is 6.42 Å². The Hall–Kier alpha value is -1.75. The minimum atomic E-state index is -1.81. The molecule has 4 N–H and O–H groups in total. The van der Waals surface area contributed by atoms with Crippen LogP contribution in [0.1, 0.15) is 5.56 Å². The number of halogens is 2. The Morgan fingerprint density at radius 1 is 1.29 bits per heavy atom. The van der Waals surface area contributed by atoms with Gasteiger partial charge in [-0.15, -0.1) is 0 Å². The Morgan fingerprint density at radius 2 is 1.94 bits per heavy atom. The fourth-order valence-electron chi connectivity index (χ4n) is 1.81. The van der Waals surface area contributed by atoms with Crippen molar-refractivity contribution in [3.8, 4) is 0 Å². The molecule has 1 aliphatic heterocycles. The molecule has 0 radical (unpaired) electrons. The van der Waals surface area contributed by atoms with Crippen LogP contribution in [-0.4, -0.2) is 17.5 Å². The van der Waals surface area contributed by atoms with Crippen molar-refractivity contribution in [2.24, 2.45) is 16.5 Å². The van der Waals surface area contributed by atoms with Gasteiger partial charge in [-0.3, -0.25) is 0 Å². The van der Waals surface area contributed by atoms with Gasteiger partial charge in [-0.05, 0) is 5.56 Å². The Balaban J connectivity index is 2.30. The Morgan fingerprint density at radius 3 is 2.59 bits per heavy atom. The Labute approximate surface area is 97.8 Å². The summed E-state index contributed by atoms with van der Waals surface area (Å²) >= 11 is 0. The topological polar surface area (TPSA) is 64.4 Å². The summed E-state index contributed by atoms with van der Waals surface area (Å²) in [6.45, 7) is 0. The molecule has 0 amide bonds. The molecule has 0 spiro atoms. The number of nitrogens with two attached hydrogens (primary N) is 2. The molecule has 2 rings (SSSR count). The molecule has 2 unspecified atom stereocenters. The van der Waals surface area contributed by atoms with Crippen molar-refractivity contribution in [2.75, 3.05) is 0 Å². The van der Waals surface area contributed by atoms with Gasteiger partial charge in [0.1, 0.15) is 17.2 Å². The standard InChI is InChI=1S/C12H13F2N3/c13-9-7-17-11(15)10(14)12(9,16)6-8-4-2-1-3-5-8/h1-5,7,10H,6,16H2,(H2,15,17). The number of nitrogens with zero attached hydrogens (tertiary/aromatic N) is 1. The summed E-state index contributed by atoms with van der Waals surface area (Å²) in [5.74, 6) is -1.08. The molecule has 0 bridgehead atoms. The molecule has 1 heterocycles. The summed E-state index contributed by atoms with van der Waals surface area (Å²) in [4.78, 5) is 3.43. The van der Waals surface area contributed by atoms with Gasteiger partial charge in [0.2, 0.25) is 0 Å². The molecule has 90 valence electrons. The van der Waals surface area contributed by atoms with Gasteiger partial charge in [0.25, 0.3) is 0 Å². The van der Waals surface area contributed by atoms with Crippen molar-refractivity contribution >= 4 is 5.84 Å². The highest BCUT2D eigenvalue weighted by Crippen LogP contribution is 2.29. The maximum absolute atomic E-state index is 13.9. The summed E-state index contributed by atoms with van der Waals surface area (Å²) in [6.07, 6.45) is -0.894. The first-order valence-electron chi connectivity index (χ1n) is 5.20. The number of rotatable bonds is 2. The molecule has 0 aromatic heterocycles. The van der Waals surface area contributed by atoms with Crippen LogP contribution in [0, 0.1) is 0 Å². The van der Waals surface area contributed by atoms with E-state index in [0.29, 0.717) is 0 Å². The molecule has 2 atom stereocenters. The number of alkyl halides is 1. The predicted octanol–water partition coefficient (Wildman–Crippen LogP) is 1.45. The van der Waals surface area contributed by atoms with Gasteiger partial charge < -0.3 is 11.5 Å². The van der Waals surface area contributed by atoms with Gasteiger partial charge in [0, 0.05) is 6.42 Å². The lowest BCUT2D eigenvalue weighted by Crippen LogP contribution is -2.57. The summed E-state index contributed by atoms with van der Waals surface area (Å²) < 4.78 is 27.6.